The van der Waals surface area contributed by atoms with Crippen molar-refractivity contribution in [2.75, 3.05) is 20.2 Å². The summed E-state index contributed by atoms with van der Waals surface area (Å²) in [5.41, 5.74) is 0.00267. The largest absolute Gasteiger partial charge is 0.394 e. The van der Waals surface area contributed by atoms with Gasteiger partial charge in [-0.1, -0.05) is 0 Å². The molecule has 1 aliphatic rings. The van der Waals surface area contributed by atoms with Gasteiger partial charge in [-0.15, -0.1) is 0 Å². The third kappa shape index (κ3) is 3.32. The van der Waals surface area contributed by atoms with Gasteiger partial charge in [-0.3, -0.25) is 4.79 Å². The highest BCUT2D eigenvalue weighted by Crippen LogP contribution is 2.34. The van der Waals surface area contributed by atoms with Crippen molar-refractivity contribution in [3.8, 4) is 0 Å². The van der Waals surface area contributed by atoms with Crippen LogP contribution < -0.4 is 10.6 Å². The standard InChI is InChI=1S/C9H18N2O2/c1-10-8(13)3-2-6-11-9(7-12)4-5-9/h11-12H,2-7H2,1H3,(H,10,13). The van der Waals surface area contributed by atoms with Gasteiger partial charge in [0.05, 0.1) is 6.61 Å². The van der Waals surface area contributed by atoms with E-state index in [1.54, 1.807) is 7.05 Å². The molecule has 0 bridgehead atoms. The van der Waals surface area contributed by atoms with Crippen molar-refractivity contribution in [3.63, 3.8) is 0 Å². The summed E-state index contributed by atoms with van der Waals surface area (Å²) in [6, 6.07) is 0. The molecule has 0 aromatic rings. The number of hydrogen-bond donors (Lipinski definition) is 3. The molecule has 1 saturated carbocycles. The van der Waals surface area contributed by atoms with Crippen molar-refractivity contribution >= 4 is 5.91 Å². The summed E-state index contributed by atoms with van der Waals surface area (Å²) in [7, 11) is 1.64. The molecule has 0 unspecified atom stereocenters. The molecule has 1 aliphatic carbocycles. The second kappa shape index (κ2) is 4.58. The van der Waals surface area contributed by atoms with Crippen molar-refractivity contribution in [2.45, 2.75) is 31.2 Å². The maximum Gasteiger partial charge on any atom is 0.219 e. The van der Waals surface area contributed by atoms with Gasteiger partial charge in [-0.05, 0) is 25.8 Å². The highest BCUT2D eigenvalue weighted by Gasteiger charge is 2.40. The first-order valence-electron chi connectivity index (χ1n) is 4.79. The Morgan fingerprint density at radius 3 is 2.69 bits per heavy atom. The van der Waals surface area contributed by atoms with Crippen LogP contribution in [-0.2, 0) is 4.79 Å². The highest BCUT2D eigenvalue weighted by atomic mass is 16.3. The van der Waals surface area contributed by atoms with Gasteiger partial charge < -0.3 is 15.7 Å². The summed E-state index contributed by atoms with van der Waals surface area (Å²) < 4.78 is 0. The number of amides is 1. The normalized spacial score (nSPS) is 18.3. The average Bonchev–Trinajstić information content (AvgIpc) is 2.93. The Morgan fingerprint density at radius 2 is 2.23 bits per heavy atom. The van der Waals surface area contributed by atoms with E-state index in [1.807, 2.05) is 0 Å². The number of nitrogens with one attached hydrogen (secondary N) is 2. The zero-order valence-electron chi connectivity index (χ0n) is 8.10. The number of aliphatic hydroxyl groups is 1. The van der Waals surface area contributed by atoms with E-state index in [9.17, 15) is 4.79 Å². The Morgan fingerprint density at radius 1 is 1.54 bits per heavy atom. The molecular weight excluding hydrogens is 168 g/mol. The molecule has 4 heteroatoms. The summed E-state index contributed by atoms with van der Waals surface area (Å²) >= 11 is 0. The second-order valence-corrected chi connectivity index (χ2v) is 3.64. The lowest BCUT2D eigenvalue weighted by Gasteiger charge is -2.13. The lowest BCUT2D eigenvalue weighted by atomic mass is 10.2. The smallest absolute Gasteiger partial charge is 0.219 e. The van der Waals surface area contributed by atoms with E-state index in [2.05, 4.69) is 10.6 Å². The Kier molecular flexibility index (Phi) is 3.69. The molecule has 0 aromatic carbocycles. The fourth-order valence-electron chi connectivity index (χ4n) is 1.27. The van der Waals surface area contributed by atoms with Crippen molar-refractivity contribution in [1.29, 1.82) is 0 Å². The van der Waals surface area contributed by atoms with E-state index in [1.165, 1.54) is 0 Å². The third-order valence-electron chi connectivity index (χ3n) is 2.52. The van der Waals surface area contributed by atoms with Gasteiger partial charge in [0.25, 0.3) is 0 Å². The average molecular weight is 186 g/mol. The van der Waals surface area contributed by atoms with E-state index < -0.39 is 0 Å². The Bertz CT molecular complexity index is 178. The van der Waals surface area contributed by atoms with Gasteiger partial charge in [0, 0.05) is 19.0 Å². The third-order valence-corrected chi connectivity index (χ3v) is 2.52. The predicted molar refractivity (Wildman–Crippen MR) is 50.4 cm³/mol. The molecule has 0 aliphatic heterocycles. The fraction of sp³-hybridized carbons (Fsp3) is 0.889. The quantitative estimate of drug-likeness (QED) is 0.496. The zero-order valence-corrected chi connectivity index (χ0v) is 8.10. The van der Waals surface area contributed by atoms with Crippen LogP contribution >= 0.6 is 0 Å². The number of rotatable bonds is 6. The number of carbonyl (C=O) groups excluding carboxylic acids is 1. The minimum absolute atomic E-state index is 0.00267. The van der Waals surface area contributed by atoms with Gasteiger partial charge in [0.2, 0.25) is 5.91 Å². The van der Waals surface area contributed by atoms with E-state index in [0.717, 1.165) is 25.8 Å². The van der Waals surface area contributed by atoms with Gasteiger partial charge in [-0.25, -0.2) is 0 Å². The molecule has 0 spiro atoms. The summed E-state index contributed by atoms with van der Waals surface area (Å²) in [6.45, 7) is 1.03. The van der Waals surface area contributed by atoms with Crippen LogP contribution in [0.15, 0.2) is 0 Å². The molecule has 4 nitrogen and oxygen atoms in total. The molecule has 1 fully saturated rings. The SMILES string of the molecule is CNC(=O)CCCNC1(CO)CC1. The van der Waals surface area contributed by atoms with Gasteiger partial charge in [-0.2, -0.15) is 0 Å². The first-order valence-corrected chi connectivity index (χ1v) is 4.79. The number of aliphatic hydroxyl groups excluding tert-OH is 1. The predicted octanol–water partition coefficient (Wildman–Crippen LogP) is -0.373. The van der Waals surface area contributed by atoms with Crippen LogP contribution in [0.25, 0.3) is 0 Å². The molecule has 76 valence electrons. The van der Waals surface area contributed by atoms with Crippen LogP contribution in [-0.4, -0.2) is 36.8 Å². The summed E-state index contributed by atoms with van der Waals surface area (Å²) in [4.78, 5) is 10.8. The van der Waals surface area contributed by atoms with E-state index in [0.29, 0.717) is 6.42 Å². The molecule has 1 amide bonds. The maximum atomic E-state index is 10.8. The topological polar surface area (TPSA) is 61.4 Å². The van der Waals surface area contributed by atoms with Gasteiger partial charge in [0.1, 0.15) is 0 Å². The van der Waals surface area contributed by atoms with Gasteiger partial charge >= 0.3 is 0 Å². The highest BCUT2D eigenvalue weighted by molar-refractivity contribution is 5.75. The van der Waals surface area contributed by atoms with Crippen LogP contribution in [0, 0.1) is 0 Å². The molecule has 3 N–H and O–H groups in total. The Labute approximate surface area is 78.7 Å². The van der Waals surface area contributed by atoms with Crippen LogP contribution in [0.3, 0.4) is 0 Å². The van der Waals surface area contributed by atoms with Crippen molar-refractivity contribution in [3.05, 3.63) is 0 Å². The van der Waals surface area contributed by atoms with Crippen molar-refractivity contribution in [1.82, 2.24) is 10.6 Å². The molecular formula is C9H18N2O2. The van der Waals surface area contributed by atoms with E-state index in [-0.39, 0.29) is 18.1 Å². The van der Waals surface area contributed by atoms with Crippen LogP contribution in [0.1, 0.15) is 25.7 Å². The van der Waals surface area contributed by atoms with Gasteiger partial charge in [0.15, 0.2) is 0 Å². The monoisotopic (exact) mass is 186 g/mol. The van der Waals surface area contributed by atoms with Crippen LogP contribution in [0.4, 0.5) is 0 Å². The van der Waals surface area contributed by atoms with Crippen molar-refractivity contribution in [2.24, 2.45) is 0 Å². The molecule has 13 heavy (non-hydrogen) atoms. The first-order chi connectivity index (χ1) is 6.22. The molecule has 1 rings (SSSR count). The minimum Gasteiger partial charge on any atom is -0.394 e. The summed E-state index contributed by atoms with van der Waals surface area (Å²) in [6.07, 6.45) is 3.51. The fourth-order valence-corrected chi connectivity index (χ4v) is 1.27. The molecule has 0 atom stereocenters. The minimum atomic E-state index is 0.00267. The second-order valence-electron chi connectivity index (χ2n) is 3.64. The number of carbonyl (C=O) groups is 1. The van der Waals surface area contributed by atoms with E-state index >= 15 is 0 Å². The molecule has 0 heterocycles. The lowest BCUT2D eigenvalue weighted by molar-refractivity contribution is -0.120. The molecule has 0 radical (unpaired) electrons. The summed E-state index contributed by atoms with van der Waals surface area (Å²) in [5.74, 6) is 0.0793. The zero-order chi connectivity index (χ0) is 9.73. The lowest BCUT2D eigenvalue weighted by Crippen LogP contribution is -2.35. The maximum absolute atomic E-state index is 10.8. The van der Waals surface area contributed by atoms with Crippen LogP contribution in [0.2, 0.25) is 0 Å². The summed E-state index contributed by atoms with van der Waals surface area (Å²) in [5, 5.41) is 14.8. The number of hydrogen-bond acceptors (Lipinski definition) is 3. The Balaban J connectivity index is 1.98. The molecule has 0 saturated heterocycles. The van der Waals surface area contributed by atoms with Crippen molar-refractivity contribution < 1.29 is 9.90 Å². The van der Waals surface area contributed by atoms with Crippen LogP contribution in [0.5, 0.6) is 0 Å². The van der Waals surface area contributed by atoms with E-state index in [4.69, 9.17) is 5.11 Å². The first kappa shape index (κ1) is 10.5. The molecule has 0 aromatic heterocycles. The Hall–Kier alpha value is -0.610.